The van der Waals surface area contributed by atoms with Gasteiger partial charge in [0.05, 0.1) is 30.4 Å². The number of pyridine rings is 1. The third-order valence-electron chi connectivity index (χ3n) is 4.90. The summed E-state index contributed by atoms with van der Waals surface area (Å²) < 4.78 is 12.7. The minimum atomic E-state index is -0.308. The number of rotatable bonds is 3. The fraction of sp³-hybridized carbons (Fsp3) is 0.421. The average molecular weight is 374 g/mol. The van der Waals surface area contributed by atoms with Crippen LogP contribution >= 0.6 is 11.6 Å². The first-order valence-corrected chi connectivity index (χ1v) is 9.08. The molecule has 1 aromatic carbocycles. The Balaban J connectivity index is 1.97. The molecule has 2 aromatic heterocycles. The zero-order valence-corrected chi connectivity index (χ0v) is 15.5. The molecule has 0 amide bonds. The van der Waals surface area contributed by atoms with Gasteiger partial charge in [-0.15, -0.1) is 0 Å². The maximum Gasteiger partial charge on any atom is 0.313 e. The maximum absolute atomic E-state index is 11.9. The number of imidazole rings is 1. The highest BCUT2D eigenvalue weighted by atomic mass is 35.5. The number of carbonyl (C=O) groups is 1. The van der Waals surface area contributed by atoms with Crippen LogP contribution in [0.1, 0.15) is 31.6 Å². The van der Waals surface area contributed by atoms with Crippen LogP contribution in [-0.4, -0.2) is 40.3 Å². The molecule has 136 valence electrons. The first kappa shape index (κ1) is 17.2. The first-order chi connectivity index (χ1) is 12.6. The maximum atomic E-state index is 11.9. The summed E-state index contributed by atoms with van der Waals surface area (Å²) in [6.07, 6.45) is 3.78. The summed E-state index contributed by atoms with van der Waals surface area (Å²) in [5.41, 5.74) is 2.58. The van der Waals surface area contributed by atoms with Crippen molar-refractivity contribution >= 4 is 39.5 Å². The SMILES string of the molecule is COC(=O)Cc1nc2cnc3ccc(Cl)cc3c2n1[C@@H]1CCO[C@H](C)C1. The van der Waals surface area contributed by atoms with Crippen molar-refractivity contribution in [1.82, 2.24) is 14.5 Å². The van der Waals surface area contributed by atoms with Crippen LogP contribution in [-0.2, 0) is 20.7 Å². The highest BCUT2D eigenvalue weighted by molar-refractivity contribution is 6.31. The second-order valence-electron chi connectivity index (χ2n) is 6.66. The lowest BCUT2D eigenvalue weighted by Gasteiger charge is -2.30. The third-order valence-corrected chi connectivity index (χ3v) is 5.14. The summed E-state index contributed by atoms with van der Waals surface area (Å²) in [6, 6.07) is 5.85. The van der Waals surface area contributed by atoms with Crippen molar-refractivity contribution in [3.8, 4) is 0 Å². The van der Waals surface area contributed by atoms with Crippen molar-refractivity contribution in [1.29, 1.82) is 0 Å². The van der Waals surface area contributed by atoms with Gasteiger partial charge in [-0.25, -0.2) is 4.98 Å². The molecule has 2 atom stereocenters. The number of hydrogen-bond acceptors (Lipinski definition) is 5. The Morgan fingerprint density at radius 2 is 2.27 bits per heavy atom. The Morgan fingerprint density at radius 3 is 3.04 bits per heavy atom. The molecule has 3 heterocycles. The van der Waals surface area contributed by atoms with Crippen LogP contribution in [0.3, 0.4) is 0 Å². The van der Waals surface area contributed by atoms with E-state index in [-0.39, 0.29) is 24.5 Å². The number of fused-ring (bicyclic) bond motifs is 3. The minimum Gasteiger partial charge on any atom is -0.469 e. The van der Waals surface area contributed by atoms with Crippen LogP contribution in [0.2, 0.25) is 5.02 Å². The Morgan fingerprint density at radius 1 is 1.42 bits per heavy atom. The lowest BCUT2D eigenvalue weighted by atomic mass is 10.0. The van der Waals surface area contributed by atoms with Gasteiger partial charge < -0.3 is 14.0 Å². The molecule has 0 saturated carbocycles. The monoisotopic (exact) mass is 373 g/mol. The van der Waals surface area contributed by atoms with E-state index < -0.39 is 0 Å². The van der Waals surface area contributed by atoms with E-state index in [9.17, 15) is 4.79 Å². The predicted molar refractivity (Wildman–Crippen MR) is 99.4 cm³/mol. The van der Waals surface area contributed by atoms with Crippen LogP contribution in [0.4, 0.5) is 0 Å². The lowest BCUT2D eigenvalue weighted by molar-refractivity contribution is -0.140. The van der Waals surface area contributed by atoms with E-state index in [2.05, 4.69) is 16.5 Å². The van der Waals surface area contributed by atoms with E-state index in [1.807, 2.05) is 18.2 Å². The Kier molecular flexibility index (Phi) is 4.54. The smallest absolute Gasteiger partial charge is 0.313 e. The van der Waals surface area contributed by atoms with E-state index in [0.717, 1.165) is 34.8 Å². The molecule has 0 unspecified atom stereocenters. The van der Waals surface area contributed by atoms with Crippen molar-refractivity contribution in [3.63, 3.8) is 0 Å². The number of carbonyl (C=O) groups excluding carboxylic acids is 1. The highest BCUT2D eigenvalue weighted by Crippen LogP contribution is 2.34. The number of halogens is 1. The number of aromatic nitrogens is 3. The second kappa shape index (κ2) is 6.85. The number of esters is 1. The number of hydrogen-bond donors (Lipinski definition) is 0. The molecule has 1 aliphatic heterocycles. The van der Waals surface area contributed by atoms with Gasteiger partial charge in [-0.05, 0) is 38.0 Å². The average Bonchev–Trinajstić information content (AvgIpc) is 2.99. The first-order valence-electron chi connectivity index (χ1n) is 8.70. The largest absolute Gasteiger partial charge is 0.469 e. The van der Waals surface area contributed by atoms with Crippen LogP contribution in [0.25, 0.3) is 21.9 Å². The summed E-state index contributed by atoms with van der Waals surface area (Å²) in [7, 11) is 1.39. The summed E-state index contributed by atoms with van der Waals surface area (Å²) in [5, 5.41) is 1.59. The van der Waals surface area contributed by atoms with Crippen LogP contribution in [0.5, 0.6) is 0 Å². The molecule has 1 fully saturated rings. The minimum absolute atomic E-state index is 0.124. The predicted octanol–water partition coefficient (Wildman–Crippen LogP) is 3.69. The van der Waals surface area contributed by atoms with Gasteiger partial charge in [0.25, 0.3) is 0 Å². The van der Waals surface area contributed by atoms with Crippen molar-refractivity contribution in [2.24, 2.45) is 0 Å². The van der Waals surface area contributed by atoms with Crippen molar-refractivity contribution < 1.29 is 14.3 Å². The Labute approximate surface area is 156 Å². The van der Waals surface area contributed by atoms with Gasteiger partial charge in [-0.2, -0.15) is 0 Å². The normalized spacial score (nSPS) is 20.6. The topological polar surface area (TPSA) is 66.2 Å². The molecule has 3 aromatic rings. The van der Waals surface area contributed by atoms with Crippen LogP contribution in [0, 0.1) is 0 Å². The summed E-state index contributed by atoms with van der Waals surface area (Å²) in [4.78, 5) is 21.1. The quantitative estimate of drug-likeness (QED) is 0.655. The van der Waals surface area contributed by atoms with E-state index in [0.29, 0.717) is 17.5 Å². The Bertz CT molecular complexity index is 985. The van der Waals surface area contributed by atoms with Gasteiger partial charge in [0, 0.05) is 23.1 Å². The van der Waals surface area contributed by atoms with E-state index in [4.69, 9.17) is 26.1 Å². The molecule has 0 spiro atoms. The molecule has 0 bridgehead atoms. The second-order valence-corrected chi connectivity index (χ2v) is 7.10. The van der Waals surface area contributed by atoms with Crippen LogP contribution in [0.15, 0.2) is 24.4 Å². The molecule has 0 aliphatic carbocycles. The van der Waals surface area contributed by atoms with Gasteiger partial charge in [-0.1, -0.05) is 11.6 Å². The van der Waals surface area contributed by atoms with Crippen molar-refractivity contribution in [2.75, 3.05) is 13.7 Å². The summed E-state index contributed by atoms with van der Waals surface area (Å²) in [6.45, 7) is 2.76. The molecule has 0 radical (unpaired) electrons. The lowest BCUT2D eigenvalue weighted by Crippen LogP contribution is -2.27. The molecule has 4 rings (SSSR count). The van der Waals surface area contributed by atoms with Crippen molar-refractivity contribution in [2.45, 2.75) is 38.3 Å². The molecular weight excluding hydrogens is 354 g/mol. The van der Waals surface area contributed by atoms with E-state index in [1.165, 1.54) is 7.11 Å². The van der Waals surface area contributed by atoms with Gasteiger partial charge in [-0.3, -0.25) is 9.78 Å². The van der Waals surface area contributed by atoms with Crippen molar-refractivity contribution in [3.05, 3.63) is 35.2 Å². The van der Waals surface area contributed by atoms with Crippen LogP contribution < -0.4 is 0 Å². The number of ether oxygens (including phenoxy) is 2. The van der Waals surface area contributed by atoms with Gasteiger partial charge in [0.1, 0.15) is 17.8 Å². The number of benzene rings is 1. The van der Waals surface area contributed by atoms with E-state index >= 15 is 0 Å². The molecule has 1 aliphatic rings. The number of nitrogens with zero attached hydrogens (tertiary/aromatic N) is 3. The summed E-state index contributed by atoms with van der Waals surface area (Å²) >= 11 is 6.24. The zero-order valence-electron chi connectivity index (χ0n) is 14.7. The Hall–Kier alpha value is -2.18. The number of methoxy groups -OCH3 is 1. The van der Waals surface area contributed by atoms with Gasteiger partial charge in [0.15, 0.2) is 0 Å². The molecule has 0 N–H and O–H groups in total. The van der Waals surface area contributed by atoms with Gasteiger partial charge >= 0.3 is 5.97 Å². The van der Waals surface area contributed by atoms with E-state index in [1.54, 1.807) is 6.20 Å². The third kappa shape index (κ3) is 3.04. The standard InChI is InChI=1S/C19H20ClN3O3/c1-11-7-13(5-6-26-11)23-17(9-18(24)25-2)22-16-10-21-15-4-3-12(20)8-14(15)19(16)23/h3-4,8,10-11,13H,5-7,9H2,1-2H3/t11-,13-/m1/s1. The summed E-state index contributed by atoms with van der Waals surface area (Å²) in [5.74, 6) is 0.386. The molecule has 6 nitrogen and oxygen atoms in total. The molecule has 1 saturated heterocycles. The zero-order chi connectivity index (χ0) is 18.3. The molecular formula is C19H20ClN3O3. The molecule has 26 heavy (non-hydrogen) atoms. The molecule has 7 heteroatoms. The highest BCUT2D eigenvalue weighted by Gasteiger charge is 2.27. The van der Waals surface area contributed by atoms with Gasteiger partial charge in [0.2, 0.25) is 0 Å². The fourth-order valence-electron chi connectivity index (χ4n) is 3.73. The fourth-order valence-corrected chi connectivity index (χ4v) is 3.90.